The molecule has 1 aliphatic heterocycles. The van der Waals surface area contributed by atoms with Gasteiger partial charge in [-0.3, -0.25) is 0 Å². The standard InChI is InChI=1S/C16H25NO3/c1-19-15-8-7-12(10-16(15)20-2)14(18)11-13-6-4-3-5-9-17-13/h7-8,10,13-14,17-18H,3-6,9,11H2,1-2H3. The van der Waals surface area contributed by atoms with E-state index in [0.29, 0.717) is 17.5 Å². The molecule has 0 amide bonds. The molecule has 1 aliphatic rings. The van der Waals surface area contributed by atoms with E-state index in [0.717, 1.165) is 24.9 Å². The Hall–Kier alpha value is -1.26. The van der Waals surface area contributed by atoms with E-state index in [1.165, 1.54) is 19.3 Å². The summed E-state index contributed by atoms with van der Waals surface area (Å²) >= 11 is 0. The molecule has 0 saturated carbocycles. The molecule has 2 atom stereocenters. The molecule has 1 heterocycles. The average molecular weight is 279 g/mol. The second kappa shape index (κ2) is 7.50. The summed E-state index contributed by atoms with van der Waals surface area (Å²) in [6, 6.07) is 6.02. The van der Waals surface area contributed by atoms with E-state index in [4.69, 9.17) is 9.47 Å². The van der Waals surface area contributed by atoms with Crippen molar-refractivity contribution in [2.24, 2.45) is 0 Å². The molecular formula is C16H25NO3. The summed E-state index contributed by atoms with van der Waals surface area (Å²) in [5, 5.41) is 13.9. The molecule has 4 nitrogen and oxygen atoms in total. The van der Waals surface area contributed by atoms with Gasteiger partial charge in [-0.2, -0.15) is 0 Å². The minimum Gasteiger partial charge on any atom is -0.493 e. The van der Waals surface area contributed by atoms with Crippen LogP contribution in [-0.4, -0.2) is 31.9 Å². The largest absolute Gasteiger partial charge is 0.493 e. The van der Waals surface area contributed by atoms with Crippen LogP contribution in [0, 0.1) is 0 Å². The highest BCUT2D eigenvalue weighted by atomic mass is 16.5. The quantitative estimate of drug-likeness (QED) is 0.870. The molecule has 112 valence electrons. The normalized spacial score (nSPS) is 21.1. The molecule has 1 aromatic rings. The molecule has 0 aromatic heterocycles. The number of rotatable bonds is 5. The van der Waals surface area contributed by atoms with Crippen molar-refractivity contribution in [1.82, 2.24) is 5.32 Å². The van der Waals surface area contributed by atoms with E-state index in [-0.39, 0.29) is 0 Å². The van der Waals surface area contributed by atoms with Gasteiger partial charge < -0.3 is 19.9 Å². The molecule has 4 heteroatoms. The molecule has 2 N–H and O–H groups in total. The van der Waals surface area contributed by atoms with Gasteiger partial charge in [-0.25, -0.2) is 0 Å². The Morgan fingerprint density at radius 1 is 1.20 bits per heavy atom. The maximum absolute atomic E-state index is 10.4. The summed E-state index contributed by atoms with van der Waals surface area (Å²) < 4.78 is 10.5. The van der Waals surface area contributed by atoms with Crippen molar-refractivity contribution in [3.05, 3.63) is 23.8 Å². The lowest BCUT2D eigenvalue weighted by atomic mass is 9.99. The Kier molecular flexibility index (Phi) is 5.68. The molecule has 1 saturated heterocycles. The summed E-state index contributed by atoms with van der Waals surface area (Å²) in [5.41, 5.74) is 0.883. The minimum atomic E-state index is -0.467. The fourth-order valence-electron chi connectivity index (χ4n) is 2.77. The van der Waals surface area contributed by atoms with Crippen molar-refractivity contribution in [3.63, 3.8) is 0 Å². The molecule has 20 heavy (non-hydrogen) atoms. The van der Waals surface area contributed by atoms with Gasteiger partial charge in [-0.1, -0.05) is 18.9 Å². The maximum Gasteiger partial charge on any atom is 0.161 e. The lowest BCUT2D eigenvalue weighted by molar-refractivity contribution is 0.150. The van der Waals surface area contributed by atoms with Crippen molar-refractivity contribution in [1.29, 1.82) is 0 Å². The zero-order valence-electron chi connectivity index (χ0n) is 12.4. The number of hydrogen-bond donors (Lipinski definition) is 2. The van der Waals surface area contributed by atoms with E-state index >= 15 is 0 Å². The van der Waals surface area contributed by atoms with Crippen LogP contribution in [-0.2, 0) is 0 Å². The first-order valence-electron chi connectivity index (χ1n) is 7.38. The van der Waals surface area contributed by atoms with Crippen LogP contribution in [0.25, 0.3) is 0 Å². The summed E-state index contributed by atoms with van der Waals surface area (Å²) in [6.45, 7) is 1.06. The number of ether oxygens (including phenoxy) is 2. The van der Waals surface area contributed by atoms with Crippen LogP contribution in [0.1, 0.15) is 43.8 Å². The van der Waals surface area contributed by atoms with Gasteiger partial charge >= 0.3 is 0 Å². The van der Waals surface area contributed by atoms with Gasteiger partial charge in [-0.05, 0) is 43.5 Å². The number of hydrogen-bond acceptors (Lipinski definition) is 4. The first-order valence-corrected chi connectivity index (χ1v) is 7.38. The van der Waals surface area contributed by atoms with E-state index in [1.54, 1.807) is 14.2 Å². The molecule has 0 aliphatic carbocycles. The predicted molar refractivity (Wildman–Crippen MR) is 79.4 cm³/mol. The molecule has 1 fully saturated rings. The Morgan fingerprint density at radius 3 is 2.75 bits per heavy atom. The first kappa shape index (κ1) is 15.1. The van der Waals surface area contributed by atoms with E-state index < -0.39 is 6.10 Å². The minimum absolute atomic E-state index is 0.403. The summed E-state index contributed by atoms with van der Waals surface area (Å²) in [7, 11) is 3.23. The molecule has 0 radical (unpaired) electrons. The van der Waals surface area contributed by atoms with Gasteiger partial charge in [0.15, 0.2) is 11.5 Å². The average Bonchev–Trinajstić information content (AvgIpc) is 2.75. The molecule has 0 spiro atoms. The molecule has 1 aromatic carbocycles. The lowest BCUT2D eigenvalue weighted by Crippen LogP contribution is -2.29. The Morgan fingerprint density at radius 2 is 2.00 bits per heavy atom. The lowest BCUT2D eigenvalue weighted by Gasteiger charge is -2.20. The topological polar surface area (TPSA) is 50.7 Å². The second-order valence-corrected chi connectivity index (χ2v) is 5.37. The number of aliphatic hydroxyl groups is 1. The number of methoxy groups -OCH3 is 2. The fourth-order valence-corrected chi connectivity index (χ4v) is 2.77. The Bertz CT molecular complexity index is 414. The van der Waals surface area contributed by atoms with Gasteiger partial charge in [0.2, 0.25) is 0 Å². The number of benzene rings is 1. The summed E-state index contributed by atoms with van der Waals surface area (Å²) in [5.74, 6) is 1.36. The van der Waals surface area contributed by atoms with E-state index in [1.807, 2.05) is 18.2 Å². The fraction of sp³-hybridized carbons (Fsp3) is 0.625. The third-order valence-corrected chi connectivity index (χ3v) is 3.96. The maximum atomic E-state index is 10.4. The zero-order valence-corrected chi connectivity index (χ0v) is 12.4. The Labute approximate surface area is 121 Å². The van der Waals surface area contributed by atoms with Crippen LogP contribution in [0.4, 0.5) is 0 Å². The number of nitrogens with one attached hydrogen (secondary N) is 1. The highest BCUT2D eigenvalue weighted by molar-refractivity contribution is 5.43. The van der Waals surface area contributed by atoms with Crippen LogP contribution in [0.15, 0.2) is 18.2 Å². The van der Waals surface area contributed by atoms with Crippen molar-refractivity contribution in [2.75, 3.05) is 20.8 Å². The van der Waals surface area contributed by atoms with Crippen molar-refractivity contribution in [2.45, 2.75) is 44.2 Å². The van der Waals surface area contributed by atoms with Gasteiger partial charge in [0.25, 0.3) is 0 Å². The smallest absolute Gasteiger partial charge is 0.161 e. The first-order chi connectivity index (χ1) is 9.74. The van der Waals surface area contributed by atoms with Gasteiger partial charge in [0.05, 0.1) is 20.3 Å². The van der Waals surface area contributed by atoms with E-state index in [2.05, 4.69) is 5.32 Å². The van der Waals surface area contributed by atoms with Crippen LogP contribution >= 0.6 is 0 Å². The summed E-state index contributed by atoms with van der Waals surface area (Å²) in [4.78, 5) is 0. The molecule has 0 bridgehead atoms. The molecular weight excluding hydrogens is 254 g/mol. The zero-order chi connectivity index (χ0) is 14.4. The van der Waals surface area contributed by atoms with Crippen LogP contribution in [0.5, 0.6) is 11.5 Å². The predicted octanol–water partition coefficient (Wildman–Crippen LogP) is 2.66. The van der Waals surface area contributed by atoms with Gasteiger partial charge in [0.1, 0.15) is 0 Å². The monoisotopic (exact) mass is 279 g/mol. The van der Waals surface area contributed by atoms with Crippen molar-refractivity contribution < 1.29 is 14.6 Å². The third-order valence-electron chi connectivity index (χ3n) is 3.96. The SMILES string of the molecule is COc1ccc(C(O)CC2CCCCCN2)cc1OC. The van der Waals surface area contributed by atoms with Crippen molar-refractivity contribution >= 4 is 0 Å². The third kappa shape index (κ3) is 3.87. The number of aliphatic hydroxyl groups excluding tert-OH is 1. The summed E-state index contributed by atoms with van der Waals surface area (Å²) in [6.07, 6.45) is 5.19. The highest BCUT2D eigenvalue weighted by Crippen LogP contribution is 2.31. The van der Waals surface area contributed by atoms with Gasteiger partial charge in [-0.15, -0.1) is 0 Å². The van der Waals surface area contributed by atoms with Crippen LogP contribution < -0.4 is 14.8 Å². The highest BCUT2D eigenvalue weighted by Gasteiger charge is 2.18. The van der Waals surface area contributed by atoms with Gasteiger partial charge in [0, 0.05) is 6.04 Å². The van der Waals surface area contributed by atoms with Crippen LogP contribution in [0.3, 0.4) is 0 Å². The van der Waals surface area contributed by atoms with E-state index in [9.17, 15) is 5.11 Å². The van der Waals surface area contributed by atoms with Crippen LogP contribution in [0.2, 0.25) is 0 Å². The van der Waals surface area contributed by atoms with Crippen molar-refractivity contribution in [3.8, 4) is 11.5 Å². The Balaban J connectivity index is 2.02. The second-order valence-electron chi connectivity index (χ2n) is 5.37. The molecule has 2 rings (SSSR count). The molecule has 2 unspecified atom stereocenters.